The lowest BCUT2D eigenvalue weighted by Gasteiger charge is -2.09. The Morgan fingerprint density at radius 1 is 1.00 bits per heavy atom. The van der Waals surface area contributed by atoms with Crippen LogP contribution in [0.2, 0.25) is 0 Å². The third-order valence-electron chi connectivity index (χ3n) is 2.79. The smallest absolute Gasteiger partial charge is 0.221 e. The monoisotopic (exact) mass is 317 g/mol. The zero-order valence-electron chi connectivity index (χ0n) is 12.0. The number of hydrogen-bond donors (Lipinski definition) is 1. The lowest BCUT2D eigenvalue weighted by Crippen LogP contribution is -2.06. The van der Waals surface area contributed by atoms with Crippen molar-refractivity contribution in [1.82, 2.24) is 0 Å². The van der Waals surface area contributed by atoms with Crippen LogP contribution < -0.4 is 5.32 Å². The summed E-state index contributed by atoms with van der Waals surface area (Å²) < 4.78 is 0. The Labute approximate surface area is 134 Å². The topological polar surface area (TPSA) is 29.1 Å². The van der Waals surface area contributed by atoms with Gasteiger partial charge in [-0.25, -0.2) is 0 Å². The normalized spacial score (nSPS) is 10.3. The fourth-order valence-electron chi connectivity index (χ4n) is 1.86. The van der Waals surface area contributed by atoms with E-state index in [2.05, 4.69) is 35.6 Å². The molecule has 110 valence electrons. The summed E-state index contributed by atoms with van der Waals surface area (Å²) in [5.41, 5.74) is 2.27. The molecule has 2 aromatic carbocycles. The van der Waals surface area contributed by atoms with Gasteiger partial charge in [0.1, 0.15) is 0 Å². The van der Waals surface area contributed by atoms with E-state index in [1.54, 1.807) is 11.8 Å². The van der Waals surface area contributed by atoms with E-state index >= 15 is 0 Å². The molecule has 0 aliphatic heterocycles. The number of carbonyl (C=O) groups excluding carboxylic acids is 1. The molecule has 0 aromatic heterocycles. The van der Waals surface area contributed by atoms with Crippen LogP contribution in [-0.4, -0.2) is 17.4 Å². The Hall–Kier alpha value is -1.39. The maximum absolute atomic E-state index is 11.2. The first-order chi connectivity index (χ1) is 10.3. The van der Waals surface area contributed by atoms with Crippen LogP contribution in [0.3, 0.4) is 0 Å². The zero-order chi connectivity index (χ0) is 14.9. The van der Waals surface area contributed by atoms with Crippen molar-refractivity contribution in [2.45, 2.75) is 17.6 Å². The van der Waals surface area contributed by atoms with Gasteiger partial charge in [-0.2, -0.15) is 11.8 Å². The Bertz CT molecular complexity index is 572. The number of amides is 1. The molecule has 0 saturated heterocycles. The minimum Gasteiger partial charge on any atom is -0.325 e. The standard InChI is InChI=1S/C17H19NOS2/c1-14(19)18-16-9-5-6-10-17(16)21-12-11-20-13-15-7-3-2-4-8-15/h2-10H,11-13H2,1H3,(H,18,19). The minimum absolute atomic E-state index is 0.0264. The second-order valence-corrected chi connectivity index (χ2v) is 6.81. The van der Waals surface area contributed by atoms with Crippen molar-refractivity contribution in [1.29, 1.82) is 0 Å². The van der Waals surface area contributed by atoms with Crippen LogP contribution in [0, 0.1) is 0 Å². The first kappa shape index (κ1) is 16.0. The van der Waals surface area contributed by atoms with Gasteiger partial charge in [0.25, 0.3) is 0 Å². The lowest BCUT2D eigenvalue weighted by atomic mass is 10.2. The molecule has 0 aliphatic carbocycles. The number of anilines is 1. The summed E-state index contributed by atoms with van der Waals surface area (Å²) in [5, 5.41) is 2.87. The summed E-state index contributed by atoms with van der Waals surface area (Å²) in [4.78, 5) is 12.3. The molecule has 0 spiro atoms. The molecule has 0 heterocycles. The predicted molar refractivity (Wildman–Crippen MR) is 94.1 cm³/mol. The Morgan fingerprint density at radius 3 is 2.48 bits per heavy atom. The zero-order valence-corrected chi connectivity index (χ0v) is 13.7. The molecule has 0 bridgehead atoms. The van der Waals surface area contributed by atoms with E-state index in [1.807, 2.05) is 36.0 Å². The van der Waals surface area contributed by atoms with Gasteiger partial charge in [0.2, 0.25) is 5.91 Å². The van der Waals surface area contributed by atoms with E-state index < -0.39 is 0 Å². The van der Waals surface area contributed by atoms with Crippen molar-refractivity contribution in [2.24, 2.45) is 0 Å². The van der Waals surface area contributed by atoms with E-state index in [1.165, 1.54) is 12.5 Å². The van der Waals surface area contributed by atoms with E-state index in [0.717, 1.165) is 27.8 Å². The molecular weight excluding hydrogens is 298 g/mol. The second kappa shape index (κ2) is 8.80. The fraction of sp³-hybridized carbons (Fsp3) is 0.235. The Kier molecular flexibility index (Phi) is 6.70. The largest absolute Gasteiger partial charge is 0.325 e. The van der Waals surface area contributed by atoms with E-state index in [9.17, 15) is 4.79 Å². The fourth-order valence-corrected chi connectivity index (χ4v) is 3.91. The molecule has 2 aromatic rings. The minimum atomic E-state index is -0.0264. The number of benzene rings is 2. The van der Waals surface area contributed by atoms with Crippen LogP contribution >= 0.6 is 23.5 Å². The average Bonchev–Trinajstić information content (AvgIpc) is 2.49. The molecule has 2 rings (SSSR count). The van der Waals surface area contributed by atoms with E-state index in [4.69, 9.17) is 0 Å². The van der Waals surface area contributed by atoms with Crippen molar-refractivity contribution < 1.29 is 4.79 Å². The summed E-state index contributed by atoms with van der Waals surface area (Å²) >= 11 is 3.73. The highest BCUT2D eigenvalue weighted by molar-refractivity contribution is 8.02. The second-order valence-electron chi connectivity index (χ2n) is 4.56. The molecule has 1 amide bonds. The summed E-state index contributed by atoms with van der Waals surface area (Å²) in [6.07, 6.45) is 0. The number of carbonyl (C=O) groups is 1. The van der Waals surface area contributed by atoms with Gasteiger partial charge in [-0.15, -0.1) is 11.8 Å². The first-order valence-corrected chi connectivity index (χ1v) is 9.01. The van der Waals surface area contributed by atoms with Gasteiger partial charge < -0.3 is 5.32 Å². The van der Waals surface area contributed by atoms with E-state index in [0.29, 0.717) is 0 Å². The van der Waals surface area contributed by atoms with Gasteiger partial charge in [-0.3, -0.25) is 4.79 Å². The van der Waals surface area contributed by atoms with Gasteiger partial charge in [-0.05, 0) is 17.7 Å². The average molecular weight is 317 g/mol. The summed E-state index contributed by atoms with van der Waals surface area (Å²) in [5.74, 6) is 3.15. The molecule has 0 fully saturated rings. The first-order valence-electron chi connectivity index (χ1n) is 6.87. The van der Waals surface area contributed by atoms with Gasteiger partial charge in [0.05, 0.1) is 5.69 Å². The predicted octanol–water partition coefficient (Wildman–Crippen LogP) is 4.67. The molecule has 1 N–H and O–H groups in total. The molecule has 0 aliphatic rings. The maximum atomic E-state index is 11.2. The SMILES string of the molecule is CC(=O)Nc1ccccc1SCCSCc1ccccc1. The quantitative estimate of drug-likeness (QED) is 0.594. The number of hydrogen-bond acceptors (Lipinski definition) is 3. The van der Waals surface area contributed by atoms with Crippen molar-refractivity contribution in [3.63, 3.8) is 0 Å². The highest BCUT2D eigenvalue weighted by atomic mass is 32.2. The number of rotatable bonds is 7. The number of para-hydroxylation sites is 1. The molecule has 0 atom stereocenters. The number of nitrogens with one attached hydrogen (secondary N) is 1. The summed E-state index contributed by atoms with van der Waals surface area (Å²) in [6, 6.07) is 18.5. The highest BCUT2D eigenvalue weighted by Gasteiger charge is 2.03. The van der Waals surface area contributed by atoms with Gasteiger partial charge >= 0.3 is 0 Å². The van der Waals surface area contributed by atoms with Crippen LogP contribution in [-0.2, 0) is 10.5 Å². The Morgan fingerprint density at radius 2 is 1.71 bits per heavy atom. The lowest BCUT2D eigenvalue weighted by molar-refractivity contribution is -0.114. The number of thioether (sulfide) groups is 2. The van der Waals surface area contributed by atoms with Crippen LogP contribution in [0.25, 0.3) is 0 Å². The summed E-state index contributed by atoms with van der Waals surface area (Å²) in [7, 11) is 0. The highest BCUT2D eigenvalue weighted by Crippen LogP contribution is 2.27. The molecule has 4 heteroatoms. The van der Waals surface area contributed by atoms with Gasteiger partial charge in [0, 0.05) is 29.1 Å². The molecule has 2 nitrogen and oxygen atoms in total. The molecular formula is C17H19NOS2. The maximum Gasteiger partial charge on any atom is 0.221 e. The van der Waals surface area contributed by atoms with Crippen molar-refractivity contribution in [3.8, 4) is 0 Å². The third kappa shape index (κ3) is 5.86. The van der Waals surface area contributed by atoms with Gasteiger partial charge in [-0.1, -0.05) is 42.5 Å². The van der Waals surface area contributed by atoms with Crippen molar-refractivity contribution in [3.05, 3.63) is 60.2 Å². The van der Waals surface area contributed by atoms with Crippen LogP contribution in [0.1, 0.15) is 12.5 Å². The van der Waals surface area contributed by atoms with Crippen LogP contribution in [0.15, 0.2) is 59.5 Å². The third-order valence-corrected chi connectivity index (χ3v) is 5.16. The molecule has 0 saturated carbocycles. The van der Waals surface area contributed by atoms with Crippen LogP contribution in [0.5, 0.6) is 0 Å². The van der Waals surface area contributed by atoms with E-state index in [-0.39, 0.29) is 5.91 Å². The molecule has 0 radical (unpaired) electrons. The summed E-state index contributed by atoms with van der Waals surface area (Å²) in [6.45, 7) is 1.54. The van der Waals surface area contributed by atoms with Crippen molar-refractivity contribution >= 4 is 35.1 Å². The van der Waals surface area contributed by atoms with Gasteiger partial charge in [0.15, 0.2) is 0 Å². The Balaban J connectivity index is 1.75. The molecule has 21 heavy (non-hydrogen) atoms. The van der Waals surface area contributed by atoms with Crippen molar-refractivity contribution in [2.75, 3.05) is 16.8 Å². The van der Waals surface area contributed by atoms with Crippen LogP contribution in [0.4, 0.5) is 5.69 Å². The molecule has 0 unspecified atom stereocenters.